The number of benzene rings is 1. The minimum absolute atomic E-state index is 0. The first-order valence-electron chi connectivity index (χ1n) is 13.1. The Morgan fingerprint density at radius 3 is 2.16 bits per heavy atom. The standard InChI is InChI=1S/C31H29N5O7.CH4/c1-18-13-19(7-11-32-18)16-36-27(31(38)42-5)25(20-14-22(39-2)28(41-4)23(15-20)40-3)21-8-12-35-29(26(21)30(36)37)43-17-24-33-9-6-10-34-24;/h6-15H,16-17H2,1-5H3;1H4. The molecule has 4 aromatic heterocycles. The molecule has 1 aromatic carbocycles. The number of rotatable bonds is 10. The van der Waals surface area contributed by atoms with Crippen LogP contribution in [0.4, 0.5) is 0 Å². The van der Waals surface area contributed by atoms with Crippen molar-refractivity contribution in [3.05, 3.63) is 94.3 Å². The van der Waals surface area contributed by atoms with Gasteiger partial charge in [0.2, 0.25) is 11.6 Å². The van der Waals surface area contributed by atoms with Crippen LogP contribution < -0.4 is 24.5 Å². The van der Waals surface area contributed by atoms with Crippen molar-refractivity contribution in [3.63, 3.8) is 0 Å². The van der Waals surface area contributed by atoms with Crippen molar-refractivity contribution < 1.29 is 28.5 Å². The van der Waals surface area contributed by atoms with Crippen molar-refractivity contribution in [1.82, 2.24) is 24.5 Å². The number of hydrogen-bond acceptors (Lipinski definition) is 11. The van der Waals surface area contributed by atoms with Crippen LogP contribution in [0.3, 0.4) is 0 Å². The molecule has 0 aliphatic heterocycles. The van der Waals surface area contributed by atoms with Gasteiger partial charge in [0.05, 0.1) is 35.0 Å². The van der Waals surface area contributed by atoms with E-state index >= 15 is 0 Å². The highest BCUT2D eigenvalue weighted by molar-refractivity contribution is 6.08. The summed E-state index contributed by atoms with van der Waals surface area (Å²) in [5.41, 5.74) is 1.91. The van der Waals surface area contributed by atoms with E-state index in [-0.39, 0.29) is 37.5 Å². The van der Waals surface area contributed by atoms with Crippen molar-refractivity contribution in [1.29, 1.82) is 0 Å². The fourth-order valence-electron chi connectivity index (χ4n) is 4.87. The lowest BCUT2D eigenvalue weighted by Gasteiger charge is -2.21. The quantitative estimate of drug-likeness (QED) is 0.208. The second kappa shape index (κ2) is 13.6. The number of fused-ring (bicyclic) bond motifs is 1. The van der Waals surface area contributed by atoms with E-state index in [1.54, 1.807) is 48.9 Å². The van der Waals surface area contributed by atoms with E-state index in [0.29, 0.717) is 39.6 Å². The lowest BCUT2D eigenvalue weighted by Crippen LogP contribution is -2.29. The van der Waals surface area contributed by atoms with E-state index in [1.807, 2.05) is 13.0 Å². The fourth-order valence-corrected chi connectivity index (χ4v) is 4.87. The van der Waals surface area contributed by atoms with Crippen LogP contribution in [-0.2, 0) is 17.9 Å². The van der Waals surface area contributed by atoms with Crippen LogP contribution >= 0.6 is 0 Å². The van der Waals surface area contributed by atoms with Crippen LogP contribution in [0.2, 0.25) is 0 Å². The molecule has 12 nitrogen and oxygen atoms in total. The van der Waals surface area contributed by atoms with Gasteiger partial charge in [0.1, 0.15) is 17.7 Å². The Hall–Kier alpha value is -5.52. The van der Waals surface area contributed by atoms with Crippen LogP contribution in [0, 0.1) is 6.92 Å². The Morgan fingerprint density at radius 2 is 1.55 bits per heavy atom. The summed E-state index contributed by atoms with van der Waals surface area (Å²) >= 11 is 0. The van der Waals surface area contributed by atoms with E-state index in [2.05, 4.69) is 19.9 Å². The summed E-state index contributed by atoms with van der Waals surface area (Å²) in [6.07, 6.45) is 6.33. The number of aryl methyl sites for hydroxylation is 1. The summed E-state index contributed by atoms with van der Waals surface area (Å²) < 4.78 is 29.3. The molecule has 0 bridgehead atoms. The molecule has 0 aliphatic rings. The van der Waals surface area contributed by atoms with E-state index in [0.717, 1.165) is 11.3 Å². The normalized spacial score (nSPS) is 10.6. The molecule has 4 heterocycles. The van der Waals surface area contributed by atoms with Crippen LogP contribution in [0.15, 0.2) is 66.0 Å². The number of carbonyl (C=O) groups is 1. The molecule has 228 valence electrons. The van der Waals surface area contributed by atoms with Crippen molar-refractivity contribution in [2.24, 2.45) is 0 Å². The van der Waals surface area contributed by atoms with Crippen molar-refractivity contribution in [2.75, 3.05) is 28.4 Å². The second-order valence-electron chi connectivity index (χ2n) is 9.32. The number of methoxy groups -OCH3 is 4. The van der Waals surface area contributed by atoms with Gasteiger partial charge in [-0.3, -0.25) is 14.3 Å². The highest BCUT2D eigenvalue weighted by atomic mass is 16.5. The van der Waals surface area contributed by atoms with E-state index < -0.39 is 11.5 Å². The maximum absolute atomic E-state index is 14.3. The van der Waals surface area contributed by atoms with E-state index in [4.69, 9.17) is 23.7 Å². The summed E-state index contributed by atoms with van der Waals surface area (Å²) in [5, 5.41) is 0.557. The number of esters is 1. The molecule has 0 spiro atoms. The number of carbonyl (C=O) groups excluding carboxylic acids is 1. The van der Waals surface area contributed by atoms with Gasteiger partial charge in [0, 0.05) is 41.4 Å². The molecule has 0 N–H and O–H groups in total. The molecule has 5 rings (SSSR count). The molecule has 12 heteroatoms. The summed E-state index contributed by atoms with van der Waals surface area (Å²) in [4.78, 5) is 44.9. The van der Waals surface area contributed by atoms with Crippen molar-refractivity contribution >= 4 is 16.7 Å². The minimum atomic E-state index is -0.717. The van der Waals surface area contributed by atoms with Gasteiger partial charge >= 0.3 is 5.97 Å². The average molecular weight is 600 g/mol. The predicted molar refractivity (Wildman–Crippen MR) is 164 cm³/mol. The largest absolute Gasteiger partial charge is 0.493 e. The zero-order chi connectivity index (χ0) is 30.5. The van der Waals surface area contributed by atoms with E-state index in [1.165, 1.54) is 39.2 Å². The smallest absolute Gasteiger partial charge is 0.355 e. The monoisotopic (exact) mass is 599 g/mol. The van der Waals surface area contributed by atoms with Crippen LogP contribution in [0.5, 0.6) is 23.1 Å². The topological polar surface area (TPSA) is 137 Å². The summed E-state index contributed by atoms with van der Waals surface area (Å²) in [6, 6.07) is 10.4. The van der Waals surface area contributed by atoms with Crippen LogP contribution in [-0.4, -0.2) is 58.9 Å². The first-order chi connectivity index (χ1) is 20.9. The predicted octanol–water partition coefficient (Wildman–Crippen LogP) is 4.63. The third kappa shape index (κ3) is 6.00. The number of aromatic nitrogens is 5. The Kier molecular flexibility index (Phi) is 9.74. The van der Waals surface area contributed by atoms with E-state index in [9.17, 15) is 9.59 Å². The van der Waals surface area contributed by atoms with Crippen LogP contribution in [0.25, 0.3) is 21.9 Å². The second-order valence-corrected chi connectivity index (χ2v) is 9.32. The first-order valence-corrected chi connectivity index (χ1v) is 13.1. The van der Waals surface area contributed by atoms with Gasteiger partial charge < -0.3 is 23.7 Å². The molecule has 0 aliphatic carbocycles. The molecule has 0 saturated carbocycles. The third-order valence-corrected chi connectivity index (χ3v) is 6.74. The van der Waals surface area contributed by atoms with Crippen molar-refractivity contribution in [3.8, 4) is 34.3 Å². The van der Waals surface area contributed by atoms with Gasteiger partial charge in [-0.05, 0) is 54.4 Å². The number of ether oxygens (including phenoxy) is 5. The summed E-state index contributed by atoms with van der Waals surface area (Å²) in [6.45, 7) is 1.85. The van der Waals surface area contributed by atoms with Gasteiger partial charge in [-0.2, -0.15) is 0 Å². The van der Waals surface area contributed by atoms with Gasteiger partial charge in [-0.1, -0.05) is 7.43 Å². The Bertz CT molecular complexity index is 1830. The summed E-state index contributed by atoms with van der Waals surface area (Å²) in [5.74, 6) is 0.826. The molecule has 0 atom stereocenters. The minimum Gasteiger partial charge on any atom is -0.493 e. The third-order valence-electron chi connectivity index (χ3n) is 6.74. The Balaban J connectivity index is 0.00000442. The molecule has 44 heavy (non-hydrogen) atoms. The first kappa shape index (κ1) is 31.4. The number of hydrogen-bond donors (Lipinski definition) is 0. The fraction of sp³-hybridized carbons (Fsp3) is 0.250. The van der Waals surface area contributed by atoms with Crippen LogP contribution in [0.1, 0.15) is 35.0 Å². The molecule has 0 radical (unpaired) electrons. The molecule has 0 fully saturated rings. The highest BCUT2D eigenvalue weighted by Crippen LogP contribution is 2.44. The number of pyridine rings is 3. The molecule has 0 saturated heterocycles. The molecule has 0 amide bonds. The summed E-state index contributed by atoms with van der Waals surface area (Å²) in [7, 11) is 5.75. The Morgan fingerprint density at radius 1 is 0.864 bits per heavy atom. The highest BCUT2D eigenvalue weighted by Gasteiger charge is 2.28. The molecular weight excluding hydrogens is 566 g/mol. The zero-order valence-electron chi connectivity index (χ0n) is 24.3. The van der Waals surface area contributed by atoms with Gasteiger partial charge in [0.15, 0.2) is 17.3 Å². The lowest BCUT2D eigenvalue weighted by atomic mass is 9.96. The lowest BCUT2D eigenvalue weighted by molar-refractivity contribution is 0.0588. The van der Waals surface area contributed by atoms with Crippen molar-refractivity contribution in [2.45, 2.75) is 27.5 Å². The van der Waals surface area contributed by atoms with Gasteiger partial charge in [0.25, 0.3) is 5.56 Å². The van der Waals surface area contributed by atoms with Gasteiger partial charge in [-0.15, -0.1) is 0 Å². The average Bonchev–Trinajstić information content (AvgIpc) is 3.04. The maximum atomic E-state index is 14.3. The maximum Gasteiger partial charge on any atom is 0.355 e. The SMILES string of the molecule is C.COC(=O)c1c(-c2cc(OC)c(OC)c(OC)c2)c2ccnc(OCc3ncccn3)c2c(=O)n1Cc1ccnc(C)c1. The molecular formula is C32H33N5O7. The zero-order valence-corrected chi connectivity index (χ0v) is 24.3. The molecule has 5 aromatic rings. The van der Waals surface area contributed by atoms with Gasteiger partial charge in [-0.25, -0.2) is 19.7 Å². The Labute approximate surface area is 254 Å². The molecule has 0 unspecified atom stereocenters. The number of nitrogens with zero attached hydrogens (tertiary/aromatic N) is 5.